The van der Waals surface area contributed by atoms with E-state index in [2.05, 4.69) is 106 Å². The van der Waals surface area contributed by atoms with Crippen LogP contribution in [-0.2, 0) is 0 Å². The van der Waals surface area contributed by atoms with Gasteiger partial charge in [0.15, 0.2) is 5.69 Å². The maximum atomic E-state index is 10.9. The highest BCUT2D eigenvalue weighted by atomic mass is 15.0. The SMILES string of the molecule is [C-]#[N+]c1cc(-c2ccc(-n3c4ccccc4c4cc(C#N)ccc43)cc2)c(C#N)c(-c2c3ccccc3c(-c3ccccc3)c3ccccc23)c1. The molecule has 0 radical (unpaired) electrons. The predicted molar refractivity (Wildman–Crippen MR) is 208 cm³/mol. The summed E-state index contributed by atoms with van der Waals surface area (Å²) in [6.45, 7) is 8.09. The summed E-state index contributed by atoms with van der Waals surface area (Å²) < 4.78 is 2.20. The van der Waals surface area contributed by atoms with E-state index < -0.39 is 0 Å². The number of rotatable bonds is 4. The van der Waals surface area contributed by atoms with E-state index in [1.165, 1.54) is 0 Å². The third-order valence-corrected chi connectivity index (χ3v) is 9.87. The lowest BCUT2D eigenvalue weighted by Gasteiger charge is -2.20. The Bertz CT molecular complexity index is 2930. The van der Waals surface area contributed by atoms with Crippen LogP contribution >= 0.6 is 0 Å². The van der Waals surface area contributed by atoms with Crippen LogP contribution in [0.1, 0.15) is 11.1 Å². The smallest absolute Gasteiger partial charge is 0.188 e. The summed E-state index contributed by atoms with van der Waals surface area (Å²) in [7, 11) is 0. The number of hydrogen-bond donors (Lipinski definition) is 0. The van der Waals surface area contributed by atoms with Gasteiger partial charge in [0, 0.05) is 16.5 Å². The van der Waals surface area contributed by atoms with E-state index >= 15 is 0 Å². The Morgan fingerprint density at radius 3 is 1.67 bits per heavy atom. The number of hydrogen-bond acceptors (Lipinski definition) is 2. The zero-order valence-corrected chi connectivity index (χ0v) is 27.3. The number of nitrogens with zero attached hydrogens (tertiary/aromatic N) is 4. The van der Waals surface area contributed by atoms with Crippen LogP contribution in [0, 0.1) is 29.2 Å². The predicted octanol–water partition coefficient (Wildman–Crippen LogP) is 12.4. The number of nitriles is 2. The second-order valence-electron chi connectivity index (χ2n) is 12.6. The van der Waals surface area contributed by atoms with Crippen molar-refractivity contribution in [3.63, 3.8) is 0 Å². The van der Waals surface area contributed by atoms with Gasteiger partial charge < -0.3 is 4.57 Å². The summed E-state index contributed by atoms with van der Waals surface area (Å²) in [5, 5.41) is 26.8. The third-order valence-electron chi connectivity index (χ3n) is 9.87. The van der Waals surface area contributed by atoms with E-state index in [9.17, 15) is 10.5 Å². The summed E-state index contributed by atoms with van der Waals surface area (Å²) >= 11 is 0. The maximum Gasteiger partial charge on any atom is 0.188 e. The van der Waals surface area contributed by atoms with Crippen LogP contribution in [0.15, 0.2) is 158 Å². The van der Waals surface area contributed by atoms with Crippen LogP contribution in [0.4, 0.5) is 5.69 Å². The molecule has 1 heterocycles. The van der Waals surface area contributed by atoms with Crippen molar-refractivity contribution in [3.05, 3.63) is 180 Å². The van der Waals surface area contributed by atoms with E-state index in [0.29, 0.717) is 22.4 Å². The van der Waals surface area contributed by atoms with Crippen molar-refractivity contribution in [2.75, 3.05) is 0 Å². The zero-order valence-electron chi connectivity index (χ0n) is 27.3. The Kier molecular flexibility index (Phi) is 6.93. The van der Waals surface area contributed by atoms with Crippen molar-refractivity contribution in [3.8, 4) is 51.2 Å². The van der Waals surface area contributed by atoms with Gasteiger partial charge in [-0.3, -0.25) is 0 Å². The van der Waals surface area contributed by atoms with Gasteiger partial charge in [-0.2, -0.15) is 10.5 Å². The van der Waals surface area contributed by atoms with E-state index in [1.807, 2.05) is 72.8 Å². The fraction of sp³-hybridized carbons (Fsp3) is 0. The molecule has 0 aliphatic rings. The Labute approximate surface area is 294 Å². The van der Waals surface area contributed by atoms with Gasteiger partial charge >= 0.3 is 0 Å². The zero-order chi connectivity index (χ0) is 34.5. The molecule has 0 fully saturated rings. The van der Waals surface area contributed by atoms with Crippen molar-refractivity contribution < 1.29 is 0 Å². The number of benzene rings is 8. The first-order valence-electron chi connectivity index (χ1n) is 16.7. The topological polar surface area (TPSA) is 56.9 Å². The molecule has 1 aromatic heterocycles. The quantitative estimate of drug-likeness (QED) is 0.141. The molecule has 9 rings (SSSR count). The summed E-state index contributed by atoms with van der Waals surface area (Å²) in [4.78, 5) is 3.90. The molecule has 0 aliphatic carbocycles. The summed E-state index contributed by atoms with van der Waals surface area (Å²) in [6.07, 6.45) is 0. The molecule has 0 N–H and O–H groups in total. The Balaban J connectivity index is 1.27. The first-order valence-corrected chi connectivity index (χ1v) is 16.7. The summed E-state index contributed by atoms with van der Waals surface area (Å²) in [6, 6.07) is 57.8. The van der Waals surface area contributed by atoms with Gasteiger partial charge in [-0.05, 0) is 103 Å². The highest BCUT2D eigenvalue weighted by Crippen LogP contribution is 2.47. The second kappa shape index (κ2) is 11.9. The van der Waals surface area contributed by atoms with Gasteiger partial charge in [-0.15, -0.1) is 0 Å². The average Bonchev–Trinajstić information content (AvgIpc) is 3.53. The van der Waals surface area contributed by atoms with Crippen molar-refractivity contribution in [1.29, 1.82) is 10.5 Å². The Morgan fingerprint density at radius 2 is 1.04 bits per heavy atom. The minimum Gasteiger partial charge on any atom is -0.309 e. The molecule has 0 atom stereocenters. The molecule has 51 heavy (non-hydrogen) atoms. The number of aromatic nitrogens is 1. The minimum absolute atomic E-state index is 0.471. The standard InChI is InChI=1S/C47H26N4/c1-50-33-26-40(31-20-22-34(23-21-31)51-44-18-10-9-13-35(44)41-25-30(28-48)19-24-45(41)51)43(29-49)42(27-33)47-38-16-7-5-14-36(38)46(32-11-3-2-4-12-32)37-15-6-8-17-39(37)47/h2-27H. The van der Waals surface area contributed by atoms with Crippen LogP contribution < -0.4 is 0 Å². The molecular formula is C47H26N4. The molecule has 9 aromatic rings. The summed E-state index contributed by atoms with van der Waals surface area (Å²) in [5.41, 5.74) is 10.2. The van der Waals surface area contributed by atoms with Gasteiger partial charge in [-0.25, -0.2) is 4.85 Å². The fourth-order valence-electron chi connectivity index (χ4n) is 7.68. The molecule has 4 nitrogen and oxygen atoms in total. The maximum absolute atomic E-state index is 10.9. The monoisotopic (exact) mass is 646 g/mol. The highest BCUT2D eigenvalue weighted by Gasteiger charge is 2.21. The highest BCUT2D eigenvalue weighted by molar-refractivity contribution is 6.22. The van der Waals surface area contributed by atoms with Crippen LogP contribution in [0.3, 0.4) is 0 Å². The molecule has 0 amide bonds. The van der Waals surface area contributed by atoms with Gasteiger partial charge in [-0.1, -0.05) is 109 Å². The molecule has 8 aromatic carbocycles. The molecule has 0 unspecified atom stereocenters. The molecule has 0 saturated carbocycles. The van der Waals surface area contributed by atoms with Crippen LogP contribution in [0.5, 0.6) is 0 Å². The van der Waals surface area contributed by atoms with Gasteiger partial charge in [0.25, 0.3) is 0 Å². The van der Waals surface area contributed by atoms with Crippen molar-refractivity contribution in [2.45, 2.75) is 0 Å². The van der Waals surface area contributed by atoms with E-state index in [1.54, 1.807) is 0 Å². The minimum atomic E-state index is 0.471. The first-order chi connectivity index (χ1) is 25.2. The average molecular weight is 647 g/mol. The van der Waals surface area contributed by atoms with Crippen LogP contribution in [0.2, 0.25) is 0 Å². The molecule has 4 heteroatoms. The molecular weight excluding hydrogens is 621 g/mol. The Hall–Kier alpha value is -7.45. The number of para-hydroxylation sites is 1. The molecule has 0 bridgehead atoms. The Morgan fingerprint density at radius 1 is 0.471 bits per heavy atom. The lowest BCUT2D eigenvalue weighted by atomic mass is 9.83. The number of fused-ring (bicyclic) bond motifs is 5. The van der Waals surface area contributed by atoms with Crippen molar-refractivity contribution in [1.82, 2.24) is 4.57 Å². The third kappa shape index (κ3) is 4.66. The van der Waals surface area contributed by atoms with Gasteiger partial charge in [0.2, 0.25) is 0 Å². The van der Waals surface area contributed by atoms with Crippen molar-refractivity contribution >= 4 is 49.0 Å². The second-order valence-corrected chi connectivity index (χ2v) is 12.6. The molecule has 0 aliphatic heterocycles. The van der Waals surface area contributed by atoms with Crippen LogP contribution in [0.25, 0.3) is 87.3 Å². The lowest BCUT2D eigenvalue weighted by Crippen LogP contribution is -1.96. The van der Waals surface area contributed by atoms with Gasteiger partial charge in [0.1, 0.15) is 6.07 Å². The van der Waals surface area contributed by atoms with Gasteiger partial charge in [0.05, 0.1) is 34.8 Å². The van der Waals surface area contributed by atoms with Crippen LogP contribution in [-0.4, -0.2) is 4.57 Å². The largest absolute Gasteiger partial charge is 0.309 e. The normalized spacial score (nSPS) is 11.1. The first kappa shape index (κ1) is 29.7. The molecule has 234 valence electrons. The lowest BCUT2D eigenvalue weighted by molar-refractivity contribution is 1.18. The van der Waals surface area contributed by atoms with Crippen molar-refractivity contribution in [2.24, 2.45) is 0 Å². The van der Waals surface area contributed by atoms with E-state index in [-0.39, 0.29) is 0 Å². The van der Waals surface area contributed by atoms with E-state index in [4.69, 9.17) is 6.57 Å². The fourth-order valence-corrected chi connectivity index (χ4v) is 7.68. The summed E-state index contributed by atoms with van der Waals surface area (Å²) in [5.74, 6) is 0. The molecule has 0 spiro atoms. The van der Waals surface area contributed by atoms with E-state index in [0.717, 1.165) is 76.9 Å². The molecule has 0 saturated heterocycles.